The van der Waals surface area contributed by atoms with Gasteiger partial charge in [0, 0.05) is 11.2 Å². The minimum absolute atomic E-state index is 0.0692. The smallest absolute Gasteiger partial charge is 0.380 e. The van der Waals surface area contributed by atoms with Gasteiger partial charge in [-0.05, 0) is 50.5 Å². The first kappa shape index (κ1) is 11.3. The van der Waals surface area contributed by atoms with Crippen molar-refractivity contribution in [2.45, 2.75) is 37.9 Å². The third-order valence-electron chi connectivity index (χ3n) is 3.12. The van der Waals surface area contributed by atoms with Crippen molar-refractivity contribution >= 4 is 5.69 Å². The van der Waals surface area contributed by atoms with E-state index in [1.165, 1.54) is 18.6 Å². The Hall–Kier alpha value is -1.19. The molecule has 0 amide bonds. The first-order valence-corrected chi connectivity index (χ1v) is 5.35. The Labute approximate surface area is 92.7 Å². The van der Waals surface area contributed by atoms with Crippen LogP contribution in [0, 0.1) is 0 Å². The minimum Gasteiger partial charge on any atom is -0.380 e. The Morgan fingerprint density at radius 1 is 1.12 bits per heavy atom. The van der Waals surface area contributed by atoms with E-state index < -0.39 is 11.7 Å². The predicted octanol–water partition coefficient (Wildman–Crippen LogP) is 4.06. The Balaban J connectivity index is 2.08. The molecule has 0 aromatic heterocycles. The van der Waals surface area contributed by atoms with Crippen LogP contribution in [-0.2, 0) is 6.18 Å². The van der Waals surface area contributed by atoms with Crippen LogP contribution in [0.3, 0.4) is 0 Å². The molecule has 1 N–H and O–H groups in total. The number of anilines is 1. The molecule has 4 heteroatoms. The van der Waals surface area contributed by atoms with Crippen molar-refractivity contribution < 1.29 is 13.2 Å². The number of hydrogen-bond donors (Lipinski definition) is 1. The molecule has 0 bridgehead atoms. The van der Waals surface area contributed by atoms with Gasteiger partial charge in [0.1, 0.15) is 0 Å². The van der Waals surface area contributed by atoms with Crippen LogP contribution in [0.15, 0.2) is 24.3 Å². The molecular formula is C12H14F3N. The molecule has 1 aliphatic rings. The third-order valence-corrected chi connectivity index (χ3v) is 3.12. The van der Waals surface area contributed by atoms with Gasteiger partial charge in [0.05, 0.1) is 5.56 Å². The van der Waals surface area contributed by atoms with Crippen molar-refractivity contribution in [3.05, 3.63) is 29.8 Å². The highest BCUT2D eigenvalue weighted by atomic mass is 19.4. The van der Waals surface area contributed by atoms with Crippen LogP contribution in [0.4, 0.5) is 18.9 Å². The third kappa shape index (κ3) is 2.31. The summed E-state index contributed by atoms with van der Waals surface area (Å²) >= 11 is 0. The molecule has 0 spiro atoms. The zero-order valence-corrected chi connectivity index (χ0v) is 9.06. The summed E-state index contributed by atoms with van der Waals surface area (Å²) in [5, 5.41) is 3.27. The lowest BCUT2D eigenvalue weighted by Gasteiger charge is -2.40. The van der Waals surface area contributed by atoms with E-state index in [9.17, 15) is 13.2 Å². The number of alkyl halides is 3. The summed E-state index contributed by atoms with van der Waals surface area (Å²) in [5.41, 5.74) is 0.228. The van der Waals surface area contributed by atoms with Gasteiger partial charge in [0.25, 0.3) is 0 Å². The number of rotatable bonds is 2. The van der Waals surface area contributed by atoms with Crippen molar-refractivity contribution in [3.8, 4) is 0 Å². The van der Waals surface area contributed by atoms with Crippen molar-refractivity contribution in [2.75, 3.05) is 5.32 Å². The maximum Gasteiger partial charge on any atom is 0.416 e. The Morgan fingerprint density at radius 3 is 2.06 bits per heavy atom. The van der Waals surface area contributed by atoms with Gasteiger partial charge in [0.2, 0.25) is 0 Å². The van der Waals surface area contributed by atoms with E-state index in [-0.39, 0.29) is 5.54 Å². The highest BCUT2D eigenvalue weighted by Crippen LogP contribution is 2.35. The summed E-state index contributed by atoms with van der Waals surface area (Å²) in [4.78, 5) is 0. The van der Waals surface area contributed by atoms with E-state index in [2.05, 4.69) is 12.2 Å². The molecule has 88 valence electrons. The number of hydrogen-bond acceptors (Lipinski definition) is 1. The summed E-state index contributed by atoms with van der Waals surface area (Å²) in [7, 11) is 0. The minimum atomic E-state index is -4.25. The van der Waals surface area contributed by atoms with Gasteiger partial charge in [-0.1, -0.05) is 0 Å². The van der Waals surface area contributed by atoms with E-state index in [0.717, 1.165) is 30.7 Å². The van der Waals surface area contributed by atoms with Gasteiger partial charge < -0.3 is 5.32 Å². The van der Waals surface area contributed by atoms with Gasteiger partial charge in [-0.25, -0.2) is 0 Å². The zero-order chi connectivity index (χ0) is 11.8. The van der Waals surface area contributed by atoms with Crippen LogP contribution in [-0.4, -0.2) is 5.54 Å². The molecule has 0 heterocycles. The van der Waals surface area contributed by atoms with Crippen molar-refractivity contribution in [3.63, 3.8) is 0 Å². The van der Waals surface area contributed by atoms with E-state index in [1.54, 1.807) is 0 Å². The van der Waals surface area contributed by atoms with Crippen molar-refractivity contribution in [1.82, 2.24) is 0 Å². The summed E-state index contributed by atoms with van der Waals surface area (Å²) in [6.45, 7) is 2.09. The topological polar surface area (TPSA) is 12.0 Å². The predicted molar refractivity (Wildman–Crippen MR) is 57.3 cm³/mol. The summed E-state index contributed by atoms with van der Waals surface area (Å²) < 4.78 is 36.9. The molecule has 1 fully saturated rings. The number of benzene rings is 1. The highest BCUT2D eigenvalue weighted by Gasteiger charge is 2.32. The highest BCUT2D eigenvalue weighted by molar-refractivity contribution is 5.47. The van der Waals surface area contributed by atoms with Crippen molar-refractivity contribution in [2.24, 2.45) is 0 Å². The van der Waals surface area contributed by atoms with E-state index >= 15 is 0 Å². The molecular weight excluding hydrogens is 215 g/mol. The zero-order valence-electron chi connectivity index (χ0n) is 9.06. The average Bonchev–Trinajstić information content (AvgIpc) is 2.15. The van der Waals surface area contributed by atoms with Crippen LogP contribution < -0.4 is 5.32 Å². The van der Waals surface area contributed by atoms with Gasteiger partial charge in [-0.2, -0.15) is 13.2 Å². The number of halogens is 3. The normalized spacial score (nSPS) is 19.0. The molecule has 1 aromatic rings. The molecule has 1 aliphatic carbocycles. The van der Waals surface area contributed by atoms with Gasteiger partial charge >= 0.3 is 6.18 Å². The molecule has 0 atom stereocenters. The maximum atomic E-state index is 12.3. The van der Waals surface area contributed by atoms with Crippen LogP contribution in [0.2, 0.25) is 0 Å². The largest absolute Gasteiger partial charge is 0.416 e. The Kier molecular flexibility index (Phi) is 2.60. The average molecular weight is 229 g/mol. The second kappa shape index (κ2) is 3.68. The summed E-state index contributed by atoms with van der Waals surface area (Å²) in [6, 6.07) is 5.22. The first-order chi connectivity index (χ1) is 7.39. The van der Waals surface area contributed by atoms with E-state index in [4.69, 9.17) is 0 Å². The molecule has 1 saturated carbocycles. The van der Waals surface area contributed by atoms with E-state index in [1.807, 2.05) is 0 Å². The lowest BCUT2D eigenvalue weighted by molar-refractivity contribution is -0.137. The second-order valence-corrected chi connectivity index (χ2v) is 4.61. The lowest BCUT2D eigenvalue weighted by atomic mass is 9.78. The molecule has 1 nitrogen and oxygen atoms in total. The monoisotopic (exact) mass is 229 g/mol. The van der Waals surface area contributed by atoms with Crippen molar-refractivity contribution in [1.29, 1.82) is 0 Å². The van der Waals surface area contributed by atoms with Crippen LogP contribution in [0.1, 0.15) is 31.7 Å². The second-order valence-electron chi connectivity index (χ2n) is 4.61. The van der Waals surface area contributed by atoms with Gasteiger partial charge in [-0.3, -0.25) is 0 Å². The van der Waals surface area contributed by atoms with Crippen LogP contribution in [0.5, 0.6) is 0 Å². The standard InChI is InChI=1S/C12H14F3N/c1-11(7-2-8-11)16-10-5-3-9(4-6-10)12(13,14)15/h3-6,16H,2,7-8H2,1H3. The number of nitrogens with one attached hydrogen (secondary N) is 1. The molecule has 16 heavy (non-hydrogen) atoms. The van der Waals surface area contributed by atoms with Crippen LogP contribution in [0.25, 0.3) is 0 Å². The quantitative estimate of drug-likeness (QED) is 0.806. The summed E-state index contributed by atoms with van der Waals surface area (Å²) in [5.74, 6) is 0. The maximum absolute atomic E-state index is 12.3. The van der Waals surface area contributed by atoms with E-state index in [0.29, 0.717) is 0 Å². The first-order valence-electron chi connectivity index (χ1n) is 5.35. The lowest BCUT2D eigenvalue weighted by Crippen LogP contribution is -2.41. The molecule has 0 unspecified atom stereocenters. The molecule has 0 aliphatic heterocycles. The van der Waals surface area contributed by atoms with Gasteiger partial charge in [-0.15, -0.1) is 0 Å². The molecule has 2 rings (SSSR count). The molecule has 0 saturated heterocycles. The summed E-state index contributed by atoms with van der Waals surface area (Å²) in [6.07, 6.45) is -0.912. The Morgan fingerprint density at radius 2 is 1.69 bits per heavy atom. The Bertz CT molecular complexity index is 363. The fourth-order valence-corrected chi connectivity index (χ4v) is 1.92. The molecule has 1 aromatic carbocycles. The fraction of sp³-hybridized carbons (Fsp3) is 0.500. The van der Waals surface area contributed by atoms with Gasteiger partial charge in [0.15, 0.2) is 0 Å². The molecule has 0 radical (unpaired) electrons. The SMILES string of the molecule is CC1(Nc2ccc(C(F)(F)F)cc2)CCC1. The fourth-order valence-electron chi connectivity index (χ4n) is 1.92. The van der Waals surface area contributed by atoms with Crippen LogP contribution >= 0.6 is 0 Å².